The van der Waals surface area contributed by atoms with Gasteiger partial charge in [-0.15, -0.1) is 0 Å². The van der Waals surface area contributed by atoms with E-state index < -0.39 is 0 Å². The highest BCUT2D eigenvalue weighted by Gasteiger charge is 2.16. The third kappa shape index (κ3) is 3.24. The van der Waals surface area contributed by atoms with Crippen molar-refractivity contribution in [3.05, 3.63) is 56.6 Å². The Kier molecular flexibility index (Phi) is 4.88. The molecule has 0 fully saturated rings. The van der Waals surface area contributed by atoms with Crippen LogP contribution in [0.5, 0.6) is 0 Å². The molecule has 2 aromatic carbocycles. The van der Waals surface area contributed by atoms with Gasteiger partial charge in [0.1, 0.15) is 0 Å². The van der Waals surface area contributed by atoms with Gasteiger partial charge in [0.15, 0.2) is 5.96 Å². The van der Waals surface area contributed by atoms with Crippen molar-refractivity contribution in [3.8, 4) is 0 Å². The molecule has 0 atom stereocenters. The van der Waals surface area contributed by atoms with Crippen LogP contribution in [0.1, 0.15) is 12.5 Å². The van der Waals surface area contributed by atoms with Gasteiger partial charge in [0, 0.05) is 3.57 Å². The summed E-state index contributed by atoms with van der Waals surface area (Å²) in [5, 5.41) is 8.44. The van der Waals surface area contributed by atoms with Crippen molar-refractivity contribution in [1.82, 2.24) is 0 Å². The van der Waals surface area contributed by atoms with Gasteiger partial charge in [-0.1, -0.05) is 30.7 Å². The lowest BCUT2D eigenvalue weighted by Crippen LogP contribution is -2.32. The van der Waals surface area contributed by atoms with E-state index in [0.29, 0.717) is 5.02 Å². The molecule has 0 aliphatic heterocycles. The molecule has 0 spiro atoms. The van der Waals surface area contributed by atoms with Crippen LogP contribution >= 0.6 is 34.2 Å². The highest BCUT2D eigenvalue weighted by atomic mass is 127. The summed E-state index contributed by atoms with van der Waals surface area (Å²) in [6, 6.07) is 13.6. The van der Waals surface area contributed by atoms with Crippen LogP contribution in [-0.2, 0) is 6.42 Å². The van der Waals surface area contributed by atoms with Gasteiger partial charge in [0.05, 0.1) is 16.4 Å². The maximum absolute atomic E-state index is 7.86. The summed E-state index contributed by atoms with van der Waals surface area (Å²) in [5.74, 6) is -0.0536. The van der Waals surface area contributed by atoms with Crippen molar-refractivity contribution in [2.45, 2.75) is 13.3 Å². The predicted octanol–water partition coefficient (Wildman–Crippen LogP) is 4.54. The van der Waals surface area contributed by atoms with Crippen LogP contribution in [0, 0.1) is 8.98 Å². The fraction of sp³-hybridized carbons (Fsp3) is 0.133. The number of hydrogen-bond acceptors (Lipinski definition) is 1. The van der Waals surface area contributed by atoms with Crippen LogP contribution in [0.15, 0.2) is 42.5 Å². The molecule has 2 rings (SSSR count). The van der Waals surface area contributed by atoms with Gasteiger partial charge < -0.3 is 5.73 Å². The second-order valence-corrected chi connectivity index (χ2v) is 5.99. The number of benzene rings is 2. The molecule has 3 nitrogen and oxygen atoms in total. The summed E-state index contributed by atoms with van der Waals surface area (Å²) >= 11 is 8.52. The number of halogens is 2. The zero-order valence-corrected chi connectivity index (χ0v) is 13.9. The molecule has 104 valence electrons. The lowest BCUT2D eigenvalue weighted by Gasteiger charge is -2.24. The van der Waals surface area contributed by atoms with Crippen molar-refractivity contribution >= 4 is 51.5 Å². The quantitative estimate of drug-likeness (QED) is 0.452. The molecule has 0 bridgehead atoms. The first-order valence-corrected chi connectivity index (χ1v) is 7.66. The number of nitrogens with zero attached hydrogens (tertiary/aromatic N) is 1. The van der Waals surface area contributed by atoms with Crippen molar-refractivity contribution in [2.24, 2.45) is 5.73 Å². The topological polar surface area (TPSA) is 53.1 Å². The van der Waals surface area contributed by atoms with E-state index in [1.165, 1.54) is 0 Å². The lowest BCUT2D eigenvalue weighted by molar-refractivity contribution is 1.13. The van der Waals surface area contributed by atoms with E-state index in [1.807, 2.05) is 42.5 Å². The summed E-state index contributed by atoms with van der Waals surface area (Å²) in [6.07, 6.45) is 0.905. The lowest BCUT2D eigenvalue weighted by atomic mass is 10.1. The Morgan fingerprint density at radius 2 is 2.05 bits per heavy atom. The van der Waals surface area contributed by atoms with E-state index in [-0.39, 0.29) is 5.96 Å². The van der Waals surface area contributed by atoms with Gasteiger partial charge in [-0.3, -0.25) is 10.3 Å². The molecule has 5 heteroatoms. The van der Waals surface area contributed by atoms with Crippen molar-refractivity contribution < 1.29 is 0 Å². The van der Waals surface area contributed by atoms with Crippen LogP contribution in [-0.4, -0.2) is 5.96 Å². The van der Waals surface area contributed by atoms with E-state index in [1.54, 1.807) is 4.90 Å². The SMILES string of the molecule is CCc1ccc(Cl)c(N(C(=N)N)c2cccc(I)c2)c1. The van der Waals surface area contributed by atoms with E-state index in [9.17, 15) is 0 Å². The molecule has 2 aromatic rings. The summed E-state index contributed by atoms with van der Waals surface area (Å²) in [6.45, 7) is 2.08. The Morgan fingerprint density at radius 1 is 1.30 bits per heavy atom. The fourth-order valence-corrected chi connectivity index (χ4v) is 2.70. The molecule has 0 aliphatic carbocycles. The Hall–Kier alpha value is -1.27. The summed E-state index contributed by atoms with van der Waals surface area (Å²) in [7, 11) is 0. The number of nitrogens with one attached hydrogen (secondary N) is 1. The van der Waals surface area contributed by atoms with Crippen molar-refractivity contribution in [2.75, 3.05) is 4.90 Å². The molecule has 0 saturated carbocycles. The van der Waals surface area contributed by atoms with E-state index in [2.05, 4.69) is 29.5 Å². The summed E-state index contributed by atoms with van der Waals surface area (Å²) < 4.78 is 1.08. The summed E-state index contributed by atoms with van der Waals surface area (Å²) in [5.41, 5.74) is 8.48. The molecule has 20 heavy (non-hydrogen) atoms. The fourth-order valence-electron chi connectivity index (χ4n) is 1.97. The monoisotopic (exact) mass is 399 g/mol. The Labute approximate surface area is 137 Å². The van der Waals surface area contributed by atoms with Crippen LogP contribution in [0.4, 0.5) is 11.4 Å². The highest BCUT2D eigenvalue weighted by Crippen LogP contribution is 2.33. The number of aryl methyl sites for hydroxylation is 1. The van der Waals surface area contributed by atoms with E-state index in [0.717, 1.165) is 26.9 Å². The Bertz CT molecular complexity index is 643. The minimum atomic E-state index is -0.0536. The van der Waals surface area contributed by atoms with Gasteiger partial charge in [0.25, 0.3) is 0 Å². The Balaban J connectivity index is 2.57. The second-order valence-electron chi connectivity index (χ2n) is 4.34. The normalized spacial score (nSPS) is 10.3. The van der Waals surface area contributed by atoms with Crippen molar-refractivity contribution in [3.63, 3.8) is 0 Å². The number of guanidine groups is 1. The maximum atomic E-state index is 7.86. The van der Waals surface area contributed by atoms with Gasteiger partial charge in [-0.05, 0) is 64.9 Å². The van der Waals surface area contributed by atoms with Gasteiger partial charge in [-0.2, -0.15) is 0 Å². The standard InChI is InChI=1S/C15H15ClIN3/c1-2-10-6-7-13(16)14(8-10)20(15(18)19)12-5-3-4-11(17)9-12/h3-9H,2H2,1H3,(H3,18,19). The smallest absolute Gasteiger partial charge is 0.197 e. The van der Waals surface area contributed by atoms with Crippen LogP contribution < -0.4 is 10.6 Å². The molecule has 0 aromatic heterocycles. The van der Waals surface area contributed by atoms with Gasteiger partial charge in [0.2, 0.25) is 0 Å². The molecule has 0 radical (unpaired) electrons. The average molecular weight is 400 g/mol. The number of rotatable bonds is 3. The van der Waals surface area contributed by atoms with E-state index >= 15 is 0 Å². The molecule has 0 unspecified atom stereocenters. The van der Waals surface area contributed by atoms with Crippen LogP contribution in [0.3, 0.4) is 0 Å². The molecule has 0 aliphatic rings. The first kappa shape index (κ1) is 15.1. The molecule has 0 saturated heterocycles. The third-order valence-electron chi connectivity index (χ3n) is 2.97. The Morgan fingerprint density at radius 3 is 2.65 bits per heavy atom. The molecule has 0 heterocycles. The molecular weight excluding hydrogens is 385 g/mol. The largest absolute Gasteiger partial charge is 0.369 e. The zero-order chi connectivity index (χ0) is 14.7. The maximum Gasteiger partial charge on any atom is 0.197 e. The zero-order valence-electron chi connectivity index (χ0n) is 11.0. The minimum Gasteiger partial charge on any atom is -0.369 e. The molecule has 3 N–H and O–H groups in total. The van der Waals surface area contributed by atoms with Gasteiger partial charge in [-0.25, -0.2) is 0 Å². The molecular formula is C15H15ClIN3. The van der Waals surface area contributed by atoms with Crippen LogP contribution in [0.25, 0.3) is 0 Å². The van der Waals surface area contributed by atoms with E-state index in [4.69, 9.17) is 22.7 Å². The second kappa shape index (κ2) is 6.45. The van der Waals surface area contributed by atoms with Crippen molar-refractivity contribution in [1.29, 1.82) is 5.41 Å². The number of anilines is 2. The first-order chi connectivity index (χ1) is 9.52. The first-order valence-electron chi connectivity index (χ1n) is 6.21. The summed E-state index contributed by atoms with van der Waals surface area (Å²) in [4.78, 5) is 1.66. The minimum absolute atomic E-state index is 0.0536. The average Bonchev–Trinajstić information content (AvgIpc) is 2.41. The number of nitrogens with two attached hydrogens (primary N) is 1. The highest BCUT2D eigenvalue weighted by molar-refractivity contribution is 14.1. The predicted molar refractivity (Wildman–Crippen MR) is 94.0 cm³/mol. The number of hydrogen-bond donors (Lipinski definition) is 2. The third-order valence-corrected chi connectivity index (χ3v) is 3.96. The molecule has 0 amide bonds. The van der Waals surface area contributed by atoms with Crippen LogP contribution in [0.2, 0.25) is 5.02 Å². The van der Waals surface area contributed by atoms with Gasteiger partial charge >= 0.3 is 0 Å².